The second-order valence-corrected chi connectivity index (χ2v) is 4.42. The first-order chi connectivity index (χ1) is 9.29. The van der Waals surface area contributed by atoms with E-state index in [1.165, 1.54) is 0 Å². The van der Waals surface area contributed by atoms with Gasteiger partial charge in [-0.1, -0.05) is 65.3 Å². The molecule has 2 aromatic rings. The van der Waals surface area contributed by atoms with Gasteiger partial charge >= 0.3 is 0 Å². The Hall–Kier alpha value is -2.22. The lowest BCUT2D eigenvalue weighted by molar-refractivity contribution is 1.25. The van der Waals surface area contributed by atoms with E-state index in [1.807, 2.05) is 48.6 Å². The van der Waals surface area contributed by atoms with Gasteiger partial charge in [-0.25, -0.2) is 0 Å². The van der Waals surface area contributed by atoms with Crippen LogP contribution in [0.25, 0.3) is 16.5 Å². The van der Waals surface area contributed by atoms with Crippen molar-refractivity contribution in [3.05, 3.63) is 81.2 Å². The van der Waals surface area contributed by atoms with Gasteiger partial charge in [0.15, 0.2) is 0 Å². The largest absolute Gasteiger partial charge is 0.0843 e. The van der Waals surface area contributed by atoms with E-state index in [0.29, 0.717) is 17.1 Å². The average molecular weight is 270 g/mol. The standard InChI is InChI=1S/C15H12ClN3/c16-14-9-10-15(18-19-17)13(11-14)8-4-7-12-5-2-1-3-6-12/h1-7,9-11H,8H2. The molecule has 0 unspecified atom stereocenters. The Balaban J connectivity index is 2.17. The maximum absolute atomic E-state index is 8.52. The molecule has 0 saturated carbocycles. The first-order valence-electron chi connectivity index (χ1n) is 5.85. The average Bonchev–Trinajstić information content (AvgIpc) is 2.43. The molecule has 2 rings (SSSR count). The van der Waals surface area contributed by atoms with E-state index in [0.717, 1.165) is 11.1 Å². The lowest BCUT2D eigenvalue weighted by Gasteiger charge is -2.02. The maximum atomic E-state index is 8.52. The molecule has 0 bridgehead atoms. The van der Waals surface area contributed by atoms with Crippen LogP contribution in [0.3, 0.4) is 0 Å². The van der Waals surface area contributed by atoms with Crippen LogP contribution in [0.5, 0.6) is 0 Å². The molecule has 0 atom stereocenters. The van der Waals surface area contributed by atoms with Crippen LogP contribution in [0.1, 0.15) is 11.1 Å². The fraction of sp³-hybridized carbons (Fsp3) is 0.0667. The third-order valence-electron chi connectivity index (χ3n) is 2.64. The van der Waals surface area contributed by atoms with Crippen molar-refractivity contribution in [2.24, 2.45) is 5.11 Å². The molecule has 2 aromatic carbocycles. The molecular weight excluding hydrogens is 258 g/mol. The van der Waals surface area contributed by atoms with Gasteiger partial charge in [0, 0.05) is 15.6 Å². The highest BCUT2D eigenvalue weighted by Gasteiger charge is 2.00. The van der Waals surface area contributed by atoms with Gasteiger partial charge in [0.05, 0.1) is 0 Å². The highest BCUT2D eigenvalue weighted by Crippen LogP contribution is 2.24. The Labute approximate surface area is 116 Å². The van der Waals surface area contributed by atoms with Crippen LogP contribution in [0.2, 0.25) is 5.02 Å². The zero-order valence-electron chi connectivity index (χ0n) is 10.2. The Bertz CT molecular complexity index is 629. The number of halogens is 1. The normalized spacial score (nSPS) is 10.4. The maximum Gasteiger partial charge on any atom is 0.0411 e. The second-order valence-electron chi connectivity index (χ2n) is 3.98. The number of nitrogens with zero attached hydrogens (tertiary/aromatic N) is 3. The van der Waals surface area contributed by atoms with Crippen LogP contribution in [-0.2, 0) is 6.42 Å². The first kappa shape index (κ1) is 13.2. The molecule has 0 heterocycles. The quantitative estimate of drug-likeness (QED) is 0.398. The molecule has 0 aliphatic rings. The molecule has 0 spiro atoms. The van der Waals surface area contributed by atoms with Crippen molar-refractivity contribution >= 4 is 23.4 Å². The minimum Gasteiger partial charge on any atom is -0.0843 e. The van der Waals surface area contributed by atoms with Gasteiger partial charge in [-0.05, 0) is 35.2 Å². The van der Waals surface area contributed by atoms with Crippen molar-refractivity contribution in [1.82, 2.24) is 0 Å². The van der Waals surface area contributed by atoms with E-state index in [1.54, 1.807) is 12.1 Å². The summed E-state index contributed by atoms with van der Waals surface area (Å²) < 4.78 is 0. The summed E-state index contributed by atoms with van der Waals surface area (Å²) in [5.74, 6) is 0. The zero-order valence-corrected chi connectivity index (χ0v) is 11.0. The van der Waals surface area contributed by atoms with Gasteiger partial charge < -0.3 is 0 Å². The van der Waals surface area contributed by atoms with Crippen molar-refractivity contribution in [2.75, 3.05) is 0 Å². The monoisotopic (exact) mass is 269 g/mol. The van der Waals surface area contributed by atoms with Gasteiger partial charge in [-0.3, -0.25) is 0 Å². The summed E-state index contributed by atoms with van der Waals surface area (Å²) in [5.41, 5.74) is 11.2. The molecule has 0 aliphatic carbocycles. The lowest BCUT2D eigenvalue weighted by atomic mass is 10.1. The van der Waals surface area contributed by atoms with Crippen molar-refractivity contribution in [1.29, 1.82) is 0 Å². The molecule has 0 aliphatic heterocycles. The fourth-order valence-corrected chi connectivity index (χ4v) is 1.94. The molecule has 0 radical (unpaired) electrons. The van der Waals surface area contributed by atoms with Gasteiger partial charge in [0.2, 0.25) is 0 Å². The molecule has 94 valence electrons. The van der Waals surface area contributed by atoms with E-state index < -0.39 is 0 Å². The van der Waals surface area contributed by atoms with Crippen LogP contribution < -0.4 is 0 Å². The number of benzene rings is 2. The van der Waals surface area contributed by atoms with Crippen LogP contribution in [0, 0.1) is 0 Å². The second kappa shape index (κ2) is 6.64. The lowest BCUT2D eigenvalue weighted by Crippen LogP contribution is -1.82. The van der Waals surface area contributed by atoms with E-state index in [-0.39, 0.29) is 0 Å². The summed E-state index contributed by atoms with van der Waals surface area (Å²) >= 11 is 5.95. The minimum atomic E-state index is 0.615. The third-order valence-corrected chi connectivity index (χ3v) is 2.88. The van der Waals surface area contributed by atoms with Crippen LogP contribution in [0.4, 0.5) is 5.69 Å². The fourth-order valence-electron chi connectivity index (χ4n) is 1.75. The molecule has 0 fully saturated rings. The molecule has 0 N–H and O–H groups in total. The van der Waals surface area contributed by atoms with Gasteiger partial charge in [0.1, 0.15) is 0 Å². The van der Waals surface area contributed by atoms with Crippen molar-refractivity contribution in [3.63, 3.8) is 0 Å². The van der Waals surface area contributed by atoms with Crippen LogP contribution in [0.15, 0.2) is 59.7 Å². The number of azide groups is 1. The highest BCUT2D eigenvalue weighted by molar-refractivity contribution is 6.30. The summed E-state index contributed by atoms with van der Waals surface area (Å²) in [6, 6.07) is 15.3. The summed E-state index contributed by atoms with van der Waals surface area (Å²) in [7, 11) is 0. The smallest absolute Gasteiger partial charge is 0.0411 e. The van der Waals surface area contributed by atoms with E-state index in [2.05, 4.69) is 10.0 Å². The number of rotatable bonds is 4. The first-order valence-corrected chi connectivity index (χ1v) is 6.22. The van der Waals surface area contributed by atoms with Crippen molar-refractivity contribution in [3.8, 4) is 0 Å². The molecule has 19 heavy (non-hydrogen) atoms. The molecular formula is C15H12ClN3. The number of hydrogen-bond acceptors (Lipinski definition) is 1. The van der Waals surface area contributed by atoms with E-state index in [4.69, 9.17) is 17.1 Å². The van der Waals surface area contributed by atoms with Crippen molar-refractivity contribution in [2.45, 2.75) is 6.42 Å². The summed E-state index contributed by atoms with van der Waals surface area (Å²) in [6.07, 6.45) is 4.72. The summed E-state index contributed by atoms with van der Waals surface area (Å²) in [5, 5.41) is 4.30. The number of allylic oxidation sites excluding steroid dienone is 1. The minimum absolute atomic E-state index is 0.615. The highest BCUT2D eigenvalue weighted by atomic mass is 35.5. The summed E-state index contributed by atoms with van der Waals surface area (Å²) in [6.45, 7) is 0. The van der Waals surface area contributed by atoms with E-state index >= 15 is 0 Å². The van der Waals surface area contributed by atoms with Gasteiger partial charge in [-0.15, -0.1) is 0 Å². The molecule has 3 nitrogen and oxygen atoms in total. The Morgan fingerprint density at radius 3 is 2.68 bits per heavy atom. The predicted octanol–water partition coefficient (Wildman–Crippen LogP) is 5.54. The van der Waals surface area contributed by atoms with Gasteiger partial charge in [-0.2, -0.15) is 0 Å². The topological polar surface area (TPSA) is 48.8 Å². The van der Waals surface area contributed by atoms with Crippen LogP contribution in [-0.4, -0.2) is 0 Å². The van der Waals surface area contributed by atoms with Crippen LogP contribution >= 0.6 is 11.6 Å². The Kier molecular flexibility index (Phi) is 4.62. The Morgan fingerprint density at radius 1 is 1.16 bits per heavy atom. The van der Waals surface area contributed by atoms with E-state index in [9.17, 15) is 0 Å². The third kappa shape index (κ3) is 3.88. The molecule has 4 heteroatoms. The van der Waals surface area contributed by atoms with Crippen molar-refractivity contribution < 1.29 is 0 Å². The van der Waals surface area contributed by atoms with Gasteiger partial charge in [0.25, 0.3) is 0 Å². The zero-order chi connectivity index (χ0) is 13.5. The number of hydrogen-bond donors (Lipinski definition) is 0. The molecule has 0 saturated heterocycles. The molecule has 0 aromatic heterocycles. The summed E-state index contributed by atoms with van der Waals surface area (Å²) in [4.78, 5) is 2.82. The molecule has 0 amide bonds. The Morgan fingerprint density at radius 2 is 1.95 bits per heavy atom. The predicted molar refractivity (Wildman–Crippen MR) is 79.4 cm³/mol. The SMILES string of the molecule is [N-]=[N+]=Nc1ccc(Cl)cc1CC=Cc1ccccc1.